The fraction of sp³-hybridized carbons (Fsp3) is 0.500. The van der Waals surface area contributed by atoms with E-state index in [2.05, 4.69) is 15.2 Å². The van der Waals surface area contributed by atoms with E-state index in [-0.39, 0.29) is 24.2 Å². The average Bonchev–Trinajstić information content (AvgIpc) is 2.97. The summed E-state index contributed by atoms with van der Waals surface area (Å²) >= 11 is 0. The number of methoxy groups -OCH3 is 1. The van der Waals surface area contributed by atoms with Crippen LogP contribution in [0, 0.1) is 12.7 Å². The predicted octanol–water partition coefficient (Wildman–Crippen LogP) is 2.02. The van der Waals surface area contributed by atoms with Gasteiger partial charge in [0.25, 0.3) is 5.91 Å². The summed E-state index contributed by atoms with van der Waals surface area (Å²) in [4.78, 5) is 33.5. The van der Waals surface area contributed by atoms with Gasteiger partial charge in [0.2, 0.25) is 5.91 Å². The monoisotopic (exact) mass is 414 g/mol. The number of aryl methyl sites for hydroxylation is 1. The molecule has 0 bridgehead atoms. The first-order valence-electron chi connectivity index (χ1n) is 10.3. The molecule has 2 saturated heterocycles. The van der Waals surface area contributed by atoms with E-state index in [0.717, 1.165) is 23.2 Å². The Bertz CT molecular complexity index is 972. The van der Waals surface area contributed by atoms with Gasteiger partial charge in [0.1, 0.15) is 17.2 Å². The number of benzene rings is 1. The molecule has 0 aliphatic carbocycles. The molecule has 0 radical (unpaired) electrons. The van der Waals surface area contributed by atoms with Gasteiger partial charge in [0, 0.05) is 57.6 Å². The Hall–Kier alpha value is -2.74. The zero-order chi connectivity index (χ0) is 21.3. The molecule has 0 spiro atoms. The Balaban J connectivity index is 1.52. The number of hydrogen-bond donors (Lipinski definition) is 1. The number of hydrogen-bond acceptors (Lipinski definition) is 5. The van der Waals surface area contributed by atoms with Crippen LogP contribution in [-0.4, -0.2) is 67.1 Å². The summed E-state index contributed by atoms with van der Waals surface area (Å²) in [7, 11) is 1.56. The van der Waals surface area contributed by atoms with Gasteiger partial charge in [-0.2, -0.15) is 0 Å². The minimum Gasteiger partial charge on any atom is -0.368 e. The normalized spacial score (nSPS) is 19.5. The Labute approximate surface area is 175 Å². The molecule has 2 aliphatic heterocycles. The number of aromatic nitrogens is 1. The Morgan fingerprint density at radius 3 is 2.73 bits per heavy atom. The number of rotatable bonds is 3. The first-order chi connectivity index (χ1) is 14.4. The molecule has 30 heavy (non-hydrogen) atoms. The minimum absolute atomic E-state index is 0.0741. The van der Waals surface area contributed by atoms with Crippen molar-refractivity contribution in [3.63, 3.8) is 0 Å². The van der Waals surface area contributed by atoms with Gasteiger partial charge in [-0.25, -0.2) is 9.37 Å². The van der Waals surface area contributed by atoms with Crippen molar-refractivity contribution >= 4 is 28.5 Å². The lowest BCUT2D eigenvalue weighted by molar-refractivity contribution is -0.158. The minimum atomic E-state index is -0.931. The van der Waals surface area contributed by atoms with Gasteiger partial charge >= 0.3 is 0 Å². The van der Waals surface area contributed by atoms with Gasteiger partial charge < -0.3 is 19.9 Å². The summed E-state index contributed by atoms with van der Waals surface area (Å²) in [5, 5.41) is 3.73. The maximum atomic E-state index is 13.7. The van der Waals surface area contributed by atoms with Gasteiger partial charge in [0.15, 0.2) is 0 Å². The number of nitrogens with zero attached hydrogens (tertiary/aromatic N) is 3. The Kier molecular flexibility index (Phi) is 5.60. The Morgan fingerprint density at radius 1 is 1.23 bits per heavy atom. The smallest absolute Gasteiger partial charge is 0.255 e. The van der Waals surface area contributed by atoms with E-state index >= 15 is 0 Å². The fourth-order valence-electron chi connectivity index (χ4n) is 4.39. The van der Waals surface area contributed by atoms with Crippen molar-refractivity contribution in [2.45, 2.75) is 31.8 Å². The van der Waals surface area contributed by atoms with Crippen LogP contribution in [0.2, 0.25) is 0 Å². The van der Waals surface area contributed by atoms with Crippen LogP contribution in [0.4, 0.5) is 10.2 Å². The van der Waals surface area contributed by atoms with E-state index in [1.165, 1.54) is 12.1 Å². The zero-order valence-corrected chi connectivity index (χ0v) is 17.4. The lowest BCUT2D eigenvalue weighted by Gasteiger charge is -2.42. The number of fused-ring (bicyclic) bond motifs is 1. The van der Waals surface area contributed by atoms with Crippen LogP contribution in [0.5, 0.6) is 0 Å². The van der Waals surface area contributed by atoms with E-state index in [1.807, 2.05) is 13.0 Å². The molecule has 7 nitrogen and oxygen atoms in total. The molecule has 4 rings (SSSR count). The highest BCUT2D eigenvalue weighted by molar-refractivity contribution is 5.90. The lowest BCUT2D eigenvalue weighted by atomic mass is 9.89. The number of carbonyl (C=O) groups is 2. The number of amides is 2. The molecular formula is C22H27FN4O3. The van der Waals surface area contributed by atoms with Crippen molar-refractivity contribution in [2.24, 2.45) is 0 Å². The number of halogens is 1. The maximum Gasteiger partial charge on any atom is 0.255 e. The topological polar surface area (TPSA) is 74.8 Å². The number of pyridine rings is 1. The molecular weight excluding hydrogens is 387 g/mol. The summed E-state index contributed by atoms with van der Waals surface area (Å²) in [6.45, 7) is 4.38. The second-order valence-corrected chi connectivity index (χ2v) is 8.07. The van der Waals surface area contributed by atoms with Crippen molar-refractivity contribution in [2.75, 3.05) is 44.7 Å². The van der Waals surface area contributed by atoms with Crippen molar-refractivity contribution in [3.05, 3.63) is 35.6 Å². The Morgan fingerprint density at radius 2 is 2.00 bits per heavy atom. The van der Waals surface area contributed by atoms with Crippen LogP contribution < -0.4 is 10.2 Å². The van der Waals surface area contributed by atoms with Crippen LogP contribution >= 0.6 is 0 Å². The fourth-order valence-corrected chi connectivity index (χ4v) is 4.39. The van der Waals surface area contributed by atoms with Crippen LogP contribution in [0.3, 0.4) is 0 Å². The standard InChI is InChI=1S/C22H27FN4O3/c1-15-12-19(25-18-13-16(23)4-5-17(15)18)26-10-6-22(30-2,7-11-26)21(29)27-9-3-8-24-20(28)14-27/h4-5,12-13H,3,6-11,14H2,1-2H3,(H,24,28). The summed E-state index contributed by atoms with van der Waals surface area (Å²) in [5.41, 5.74) is 0.726. The van der Waals surface area contributed by atoms with Crippen LogP contribution in [0.25, 0.3) is 10.9 Å². The highest BCUT2D eigenvalue weighted by Crippen LogP contribution is 2.32. The van der Waals surface area contributed by atoms with E-state index in [4.69, 9.17) is 4.74 Å². The molecule has 8 heteroatoms. The molecule has 2 amide bonds. The average molecular weight is 414 g/mol. The first kappa shape index (κ1) is 20.5. The van der Waals surface area contributed by atoms with E-state index < -0.39 is 5.60 Å². The summed E-state index contributed by atoms with van der Waals surface area (Å²) in [5.74, 6) is 0.214. The summed E-state index contributed by atoms with van der Waals surface area (Å²) in [6, 6.07) is 6.64. The molecule has 1 N–H and O–H groups in total. The lowest BCUT2D eigenvalue weighted by Crippen LogP contribution is -2.57. The predicted molar refractivity (Wildman–Crippen MR) is 112 cm³/mol. The van der Waals surface area contributed by atoms with Crippen LogP contribution in [0.1, 0.15) is 24.8 Å². The molecule has 0 unspecified atom stereocenters. The van der Waals surface area contributed by atoms with Gasteiger partial charge in [0.05, 0.1) is 12.1 Å². The number of anilines is 1. The van der Waals surface area contributed by atoms with Gasteiger partial charge in [-0.1, -0.05) is 0 Å². The zero-order valence-electron chi connectivity index (χ0n) is 17.4. The molecule has 2 fully saturated rings. The molecule has 0 saturated carbocycles. The van der Waals surface area contributed by atoms with Gasteiger partial charge in [-0.3, -0.25) is 9.59 Å². The largest absolute Gasteiger partial charge is 0.368 e. The highest BCUT2D eigenvalue weighted by atomic mass is 19.1. The number of carbonyl (C=O) groups excluding carboxylic acids is 2. The number of ether oxygens (including phenoxy) is 1. The molecule has 0 atom stereocenters. The van der Waals surface area contributed by atoms with Crippen LogP contribution in [0.15, 0.2) is 24.3 Å². The van der Waals surface area contributed by atoms with Crippen molar-refractivity contribution in [3.8, 4) is 0 Å². The molecule has 2 aliphatic rings. The molecule has 1 aromatic heterocycles. The SMILES string of the molecule is COC1(C(=O)N2CCCNC(=O)C2)CCN(c2cc(C)c3ccc(F)cc3n2)CC1. The highest BCUT2D eigenvalue weighted by Gasteiger charge is 2.44. The number of piperidine rings is 1. The molecule has 160 valence electrons. The maximum absolute atomic E-state index is 13.7. The van der Waals surface area contributed by atoms with Crippen LogP contribution in [-0.2, 0) is 14.3 Å². The van der Waals surface area contributed by atoms with E-state index in [0.29, 0.717) is 44.5 Å². The molecule has 2 aromatic rings. The quantitative estimate of drug-likeness (QED) is 0.832. The van der Waals surface area contributed by atoms with E-state index in [1.54, 1.807) is 18.1 Å². The van der Waals surface area contributed by atoms with Gasteiger partial charge in [-0.15, -0.1) is 0 Å². The third-order valence-corrected chi connectivity index (χ3v) is 6.19. The van der Waals surface area contributed by atoms with Gasteiger partial charge in [-0.05, 0) is 37.1 Å². The van der Waals surface area contributed by atoms with E-state index in [9.17, 15) is 14.0 Å². The molecule has 1 aromatic carbocycles. The number of nitrogens with one attached hydrogen (secondary N) is 1. The third-order valence-electron chi connectivity index (χ3n) is 6.19. The summed E-state index contributed by atoms with van der Waals surface area (Å²) in [6.07, 6.45) is 1.74. The third kappa shape index (κ3) is 3.84. The van der Waals surface area contributed by atoms with Crippen molar-refractivity contribution in [1.29, 1.82) is 0 Å². The first-order valence-corrected chi connectivity index (χ1v) is 10.3. The van der Waals surface area contributed by atoms with Crippen molar-refractivity contribution in [1.82, 2.24) is 15.2 Å². The second-order valence-electron chi connectivity index (χ2n) is 8.07. The molecule has 3 heterocycles. The second kappa shape index (κ2) is 8.18. The summed E-state index contributed by atoms with van der Waals surface area (Å²) < 4.78 is 19.4. The van der Waals surface area contributed by atoms with Crippen molar-refractivity contribution < 1.29 is 18.7 Å².